The molecule has 3 nitrogen and oxygen atoms in total. The van der Waals surface area contributed by atoms with Gasteiger partial charge in [-0.1, -0.05) is 25.3 Å². The summed E-state index contributed by atoms with van der Waals surface area (Å²) in [4.78, 5) is 14.2. The van der Waals surface area contributed by atoms with Crippen molar-refractivity contribution in [3.8, 4) is 5.75 Å². The molecule has 1 amide bonds. The Balaban J connectivity index is 2.26. The Morgan fingerprint density at radius 3 is 2.65 bits per heavy atom. The van der Waals surface area contributed by atoms with Gasteiger partial charge < -0.3 is 10.0 Å². The molecule has 0 radical (unpaired) electrons. The second-order valence-electron chi connectivity index (χ2n) is 5.11. The van der Waals surface area contributed by atoms with Crippen molar-refractivity contribution in [3.05, 3.63) is 29.6 Å². The van der Waals surface area contributed by atoms with E-state index in [1.165, 1.54) is 24.6 Å². The van der Waals surface area contributed by atoms with Crippen molar-refractivity contribution in [3.63, 3.8) is 0 Å². The third kappa shape index (κ3) is 3.23. The SMILES string of the molecule is O=C(c1c(O)cccc1F)N(CCCl)C1CCCCC1. The van der Waals surface area contributed by atoms with E-state index in [1.54, 1.807) is 4.90 Å². The second-order valence-corrected chi connectivity index (χ2v) is 5.49. The molecule has 1 fully saturated rings. The van der Waals surface area contributed by atoms with Crippen molar-refractivity contribution < 1.29 is 14.3 Å². The van der Waals surface area contributed by atoms with Gasteiger partial charge in [0.05, 0.1) is 0 Å². The van der Waals surface area contributed by atoms with Crippen LogP contribution in [-0.2, 0) is 0 Å². The standard InChI is InChI=1S/C15H19ClFNO2/c16-9-10-18(11-5-2-1-3-6-11)15(20)14-12(17)7-4-8-13(14)19/h4,7-8,11,19H,1-3,5-6,9-10H2. The topological polar surface area (TPSA) is 40.5 Å². The highest BCUT2D eigenvalue weighted by molar-refractivity contribution is 6.18. The van der Waals surface area contributed by atoms with Gasteiger partial charge >= 0.3 is 0 Å². The molecular formula is C15H19ClFNO2. The molecule has 0 aliphatic heterocycles. The lowest BCUT2D eigenvalue weighted by atomic mass is 9.93. The normalized spacial score (nSPS) is 16.1. The number of aromatic hydroxyl groups is 1. The first-order valence-corrected chi connectivity index (χ1v) is 7.53. The van der Waals surface area contributed by atoms with Crippen LogP contribution in [0.25, 0.3) is 0 Å². The minimum atomic E-state index is -0.689. The smallest absolute Gasteiger partial charge is 0.260 e. The molecular weight excluding hydrogens is 281 g/mol. The van der Waals surface area contributed by atoms with Gasteiger partial charge in [0.1, 0.15) is 17.1 Å². The fraction of sp³-hybridized carbons (Fsp3) is 0.533. The quantitative estimate of drug-likeness (QED) is 0.864. The molecule has 0 heterocycles. The predicted octanol–water partition coefficient (Wildman–Crippen LogP) is 3.55. The third-order valence-electron chi connectivity index (χ3n) is 3.81. The van der Waals surface area contributed by atoms with Gasteiger partial charge in [-0.15, -0.1) is 11.6 Å². The van der Waals surface area contributed by atoms with Crippen LogP contribution in [-0.4, -0.2) is 34.4 Å². The minimum absolute atomic E-state index is 0.0917. The van der Waals surface area contributed by atoms with Crippen LogP contribution >= 0.6 is 11.6 Å². The summed E-state index contributed by atoms with van der Waals surface area (Å²) >= 11 is 5.78. The van der Waals surface area contributed by atoms with Crippen LogP contribution in [0, 0.1) is 5.82 Å². The molecule has 2 rings (SSSR count). The number of benzene rings is 1. The van der Waals surface area contributed by atoms with E-state index < -0.39 is 11.7 Å². The van der Waals surface area contributed by atoms with Crippen LogP contribution in [0.2, 0.25) is 0 Å². The van der Waals surface area contributed by atoms with E-state index in [9.17, 15) is 14.3 Å². The molecule has 0 bridgehead atoms. The zero-order valence-electron chi connectivity index (χ0n) is 11.3. The van der Waals surface area contributed by atoms with Crippen LogP contribution in [0.5, 0.6) is 5.75 Å². The van der Waals surface area contributed by atoms with E-state index in [0.717, 1.165) is 25.7 Å². The Kier molecular flexibility index (Phi) is 5.24. The van der Waals surface area contributed by atoms with Gasteiger partial charge in [-0.2, -0.15) is 0 Å². The summed E-state index contributed by atoms with van der Waals surface area (Å²) in [5, 5.41) is 9.76. The molecule has 0 unspecified atom stereocenters. The van der Waals surface area contributed by atoms with Gasteiger partial charge in [0, 0.05) is 18.5 Å². The fourth-order valence-electron chi connectivity index (χ4n) is 2.80. The molecule has 20 heavy (non-hydrogen) atoms. The average Bonchev–Trinajstić information content (AvgIpc) is 2.45. The van der Waals surface area contributed by atoms with E-state index in [1.807, 2.05) is 0 Å². The summed E-state index contributed by atoms with van der Waals surface area (Å²) in [6, 6.07) is 3.99. The average molecular weight is 300 g/mol. The highest BCUT2D eigenvalue weighted by atomic mass is 35.5. The van der Waals surface area contributed by atoms with Gasteiger partial charge in [-0.25, -0.2) is 4.39 Å². The first-order valence-electron chi connectivity index (χ1n) is 6.99. The van der Waals surface area contributed by atoms with Crippen molar-refractivity contribution in [2.75, 3.05) is 12.4 Å². The molecule has 0 atom stereocenters. The monoisotopic (exact) mass is 299 g/mol. The predicted molar refractivity (Wildman–Crippen MR) is 76.7 cm³/mol. The number of halogens is 2. The highest BCUT2D eigenvalue weighted by Gasteiger charge is 2.29. The number of amides is 1. The lowest BCUT2D eigenvalue weighted by molar-refractivity contribution is 0.0641. The van der Waals surface area contributed by atoms with Crippen LogP contribution in [0.15, 0.2) is 18.2 Å². The summed E-state index contributed by atoms with van der Waals surface area (Å²) in [7, 11) is 0. The van der Waals surface area contributed by atoms with Crippen LogP contribution in [0.1, 0.15) is 42.5 Å². The van der Waals surface area contributed by atoms with E-state index in [2.05, 4.69) is 0 Å². The van der Waals surface area contributed by atoms with Crippen LogP contribution < -0.4 is 0 Å². The first-order chi connectivity index (χ1) is 9.65. The largest absolute Gasteiger partial charge is 0.507 e. The molecule has 110 valence electrons. The Hall–Kier alpha value is -1.29. The zero-order valence-corrected chi connectivity index (χ0v) is 12.1. The number of phenols is 1. The van der Waals surface area contributed by atoms with Crippen molar-refractivity contribution in [2.24, 2.45) is 0 Å². The van der Waals surface area contributed by atoms with Gasteiger partial charge in [0.15, 0.2) is 0 Å². The molecule has 0 aromatic heterocycles. The summed E-state index contributed by atoms with van der Waals surface area (Å²) in [5.74, 6) is -1.17. The summed E-state index contributed by atoms with van der Waals surface area (Å²) in [5.41, 5.74) is -0.247. The lowest BCUT2D eigenvalue weighted by Crippen LogP contribution is -2.43. The van der Waals surface area contributed by atoms with Crippen molar-refractivity contribution >= 4 is 17.5 Å². The van der Waals surface area contributed by atoms with Gasteiger partial charge in [0.25, 0.3) is 5.91 Å². The number of carbonyl (C=O) groups is 1. The van der Waals surface area contributed by atoms with Gasteiger partial charge in [0.2, 0.25) is 0 Å². The minimum Gasteiger partial charge on any atom is -0.507 e. The molecule has 1 N–H and O–H groups in total. The Bertz CT molecular complexity index is 455. The Morgan fingerprint density at radius 2 is 2.05 bits per heavy atom. The zero-order chi connectivity index (χ0) is 14.5. The second kappa shape index (κ2) is 6.93. The van der Waals surface area contributed by atoms with Crippen molar-refractivity contribution in [1.82, 2.24) is 4.90 Å². The van der Waals surface area contributed by atoms with Gasteiger partial charge in [-0.3, -0.25) is 4.79 Å². The summed E-state index contributed by atoms with van der Waals surface area (Å²) in [6.07, 6.45) is 5.14. The van der Waals surface area contributed by atoms with E-state index in [0.29, 0.717) is 12.4 Å². The fourth-order valence-corrected chi connectivity index (χ4v) is 2.98. The summed E-state index contributed by atoms with van der Waals surface area (Å²) < 4.78 is 13.8. The van der Waals surface area contributed by atoms with Crippen molar-refractivity contribution in [1.29, 1.82) is 0 Å². The lowest BCUT2D eigenvalue weighted by Gasteiger charge is -2.34. The molecule has 0 saturated heterocycles. The molecule has 1 aliphatic rings. The summed E-state index contributed by atoms with van der Waals surface area (Å²) in [6.45, 7) is 0.374. The van der Waals surface area contributed by atoms with E-state index in [-0.39, 0.29) is 17.4 Å². The van der Waals surface area contributed by atoms with Crippen LogP contribution in [0.3, 0.4) is 0 Å². The van der Waals surface area contributed by atoms with E-state index >= 15 is 0 Å². The van der Waals surface area contributed by atoms with Gasteiger partial charge in [-0.05, 0) is 25.0 Å². The van der Waals surface area contributed by atoms with E-state index in [4.69, 9.17) is 11.6 Å². The molecule has 1 aromatic carbocycles. The maximum Gasteiger partial charge on any atom is 0.260 e. The van der Waals surface area contributed by atoms with Crippen LogP contribution in [0.4, 0.5) is 4.39 Å². The number of hydrogen-bond donors (Lipinski definition) is 1. The number of hydrogen-bond acceptors (Lipinski definition) is 2. The molecule has 0 spiro atoms. The Labute approximate surface area is 123 Å². The number of rotatable bonds is 4. The maximum atomic E-state index is 13.8. The number of carbonyl (C=O) groups excluding carboxylic acids is 1. The molecule has 1 saturated carbocycles. The highest BCUT2D eigenvalue weighted by Crippen LogP contribution is 2.27. The first kappa shape index (κ1) is 15.1. The molecule has 1 aliphatic carbocycles. The molecule has 1 aromatic rings. The number of phenolic OH excluding ortho intramolecular Hbond substituents is 1. The Morgan fingerprint density at radius 1 is 1.35 bits per heavy atom. The maximum absolute atomic E-state index is 13.8. The number of nitrogens with zero attached hydrogens (tertiary/aromatic N) is 1. The number of alkyl halides is 1. The van der Waals surface area contributed by atoms with Crippen molar-refractivity contribution in [2.45, 2.75) is 38.1 Å². The third-order valence-corrected chi connectivity index (χ3v) is 3.98. The molecule has 5 heteroatoms.